The summed E-state index contributed by atoms with van der Waals surface area (Å²) in [5, 5.41) is 0. The van der Waals surface area contributed by atoms with E-state index in [0.717, 1.165) is 4.57 Å². The molecule has 0 fully saturated rings. The van der Waals surface area contributed by atoms with Crippen molar-refractivity contribution in [1.29, 1.82) is 0 Å². The first-order valence-electron chi connectivity index (χ1n) is 5.40. The molecule has 0 spiro atoms. The van der Waals surface area contributed by atoms with E-state index in [-0.39, 0.29) is 11.3 Å². The summed E-state index contributed by atoms with van der Waals surface area (Å²) in [5.41, 5.74) is -0.136. The summed E-state index contributed by atoms with van der Waals surface area (Å²) in [7, 11) is 2.91. The van der Waals surface area contributed by atoms with Crippen LogP contribution in [0.3, 0.4) is 0 Å². The topological polar surface area (TPSA) is 64.6 Å². The standard InChI is InChI=1S/C10H12N2O3.C2H6/c1-4-5-8-7(6-11-2)9(13)12(3)10(14)15-8;1-2/h4-6H,1-3H3;1-2H3/b5-4-,11-6?;. The average Bonchev–Trinajstić information content (AvgIpc) is 2.34. The predicted octanol–water partition coefficient (Wildman–Crippen LogP) is 1.45. The second-order valence-electron chi connectivity index (χ2n) is 2.90. The lowest BCUT2D eigenvalue weighted by atomic mass is 10.2. The Kier molecular flexibility index (Phi) is 6.55. The molecule has 0 bridgehead atoms. The van der Waals surface area contributed by atoms with Gasteiger partial charge in [-0.1, -0.05) is 19.9 Å². The summed E-state index contributed by atoms with van der Waals surface area (Å²) in [6, 6.07) is 0. The van der Waals surface area contributed by atoms with Gasteiger partial charge in [-0.2, -0.15) is 0 Å². The van der Waals surface area contributed by atoms with Gasteiger partial charge in [0.25, 0.3) is 5.56 Å². The van der Waals surface area contributed by atoms with Crippen molar-refractivity contribution in [2.75, 3.05) is 7.05 Å². The molecule has 1 heterocycles. The summed E-state index contributed by atoms with van der Waals surface area (Å²) in [6.07, 6.45) is 4.62. The van der Waals surface area contributed by atoms with Crippen molar-refractivity contribution >= 4 is 12.3 Å². The lowest BCUT2D eigenvalue weighted by Crippen LogP contribution is -2.33. The number of allylic oxidation sites excluding steroid dienone is 1. The van der Waals surface area contributed by atoms with Gasteiger partial charge in [0.2, 0.25) is 0 Å². The van der Waals surface area contributed by atoms with Gasteiger partial charge in [-0.05, 0) is 13.0 Å². The first-order valence-corrected chi connectivity index (χ1v) is 5.40. The molecule has 0 radical (unpaired) electrons. The Morgan fingerprint density at radius 1 is 1.29 bits per heavy atom. The van der Waals surface area contributed by atoms with Gasteiger partial charge in [0.05, 0.1) is 0 Å². The number of hydrogen-bond acceptors (Lipinski definition) is 4. The van der Waals surface area contributed by atoms with Gasteiger partial charge >= 0.3 is 5.76 Å². The normalized spacial score (nSPS) is 10.6. The van der Waals surface area contributed by atoms with Crippen molar-refractivity contribution < 1.29 is 4.42 Å². The van der Waals surface area contributed by atoms with Crippen LogP contribution in [0.1, 0.15) is 32.1 Å². The Bertz CT molecular complexity index is 522. The highest BCUT2D eigenvalue weighted by molar-refractivity contribution is 5.83. The zero-order valence-electron chi connectivity index (χ0n) is 10.9. The molecule has 0 amide bonds. The molecule has 0 aliphatic carbocycles. The van der Waals surface area contributed by atoms with Crippen molar-refractivity contribution in [3.63, 3.8) is 0 Å². The molecule has 0 saturated heterocycles. The molecule has 1 aromatic rings. The molecule has 5 heteroatoms. The monoisotopic (exact) mass is 238 g/mol. The van der Waals surface area contributed by atoms with Gasteiger partial charge < -0.3 is 4.42 Å². The predicted molar refractivity (Wildman–Crippen MR) is 69.8 cm³/mol. The highest BCUT2D eigenvalue weighted by Gasteiger charge is 2.09. The van der Waals surface area contributed by atoms with Gasteiger partial charge in [0.1, 0.15) is 11.3 Å². The van der Waals surface area contributed by atoms with E-state index in [1.54, 1.807) is 26.1 Å². The van der Waals surface area contributed by atoms with Crippen LogP contribution >= 0.6 is 0 Å². The number of aliphatic imine (C=N–C) groups is 1. The van der Waals surface area contributed by atoms with Crippen molar-refractivity contribution in [2.24, 2.45) is 12.0 Å². The Morgan fingerprint density at radius 3 is 2.35 bits per heavy atom. The van der Waals surface area contributed by atoms with Crippen molar-refractivity contribution in [3.05, 3.63) is 38.3 Å². The van der Waals surface area contributed by atoms with E-state index in [1.807, 2.05) is 13.8 Å². The van der Waals surface area contributed by atoms with Crippen LogP contribution < -0.4 is 11.3 Å². The average molecular weight is 238 g/mol. The van der Waals surface area contributed by atoms with E-state index >= 15 is 0 Å². The Hall–Kier alpha value is -1.91. The molecule has 1 rings (SSSR count). The molecular weight excluding hydrogens is 220 g/mol. The minimum atomic E-state index is -0.679. The first-order chi connectivity index (χ1) is 8.11. The molecule has 0 saturated carbocycles. The molecule has 94 valence electrons. The number of nitrogens with zero attached hydrogens (tertiary/aromatic N) is 2. The highest BCUT2D eigenvalue weighted by Crippen LogP contribution is 2.01. The Balaban J connectivity index is 0.00000121. The molecule has 5 nitrogen and oxygen atoms in total. The molecule has 17 heavy (non-hydrogen) atoms. The van der Waals surface area contributed by atoms with Gasteiger partial charge in [-0.3, -0.25) is 9.79 Å². The molecule has 0 unspecified atom stereocenters. The van der Waals surface area contributed by atoms with Gasteiger partial charge in [-0.25, -0.2) is 9.36 Å². The van der Waals surface area contributed by atoms with E-state index in [1.165, 1.54) is 13.3 Å². The van der Waals surface area contributed by atoms with Crippen molar-refractivity contribution in [2.45, 2.75) is 20.8 Å². The maximum atomic E-state index is 11.7. The van der Waals surface area contributed by atoms with Gasteiger partial charge in [-0.15, -0.1) is 0 Å². The van der Waals surface area contributed by atoms with Crippen LogP contribution in [0, 0.1) is 0 Å². The van der Waals surface area contributed by atoms with Crippen LogP contribution in [0.5, 0.6) is 0 Å². The smallest absolute Gasteiger partial charge is 0.409 e. The Morgan fingerprint density at radius 2 is 1.88 bits per heavy atom. The SMILES string of the molecule is C/C=C\c1oc(=O)n(C)c(=O)c1C=NC.CC. The third kappa shape index (κ3) is 3.55. The van der Waals surface area contributed by atoms with Gasteiger partial charge in [0.15, 0.2) is 0 Å². The summed E-state index contributed by atoms with van der Waals surface area (Å²) in [6.45, 7) is 5.77. The lowest BCUT2D eigenvalue weighted by Gasteiger charge is -2.00. The summed E-state index contributed by atoms with van der Waals surface area (Å²) >= 11 is 0. The van der Waals surface area contributed by atoms with Crippen LogP contribution in [0.4, 0.5) is 0 Å². The molecule has 0 N–H and O–H groups in total. The molecular formula is C12H18N2O3. The maximum Gasteiger partial charge on any atom is 0.422 e. The van der Waals surface area contributed by atoms with E-state index in [9.17, 15) is 9.59 Å². The zero-order valence-corrected chi connectivity index (χ0v) is 10.9. The number of rotatable bonds is 2. The summed E-state index contributed by atoms with van der Waals surface area (Å²) in [5.74, 6) is -0.447. The largest absolute Gasteiger partial charge is 0.422 e. The molecule has 0 aliphatic rings. The first kappa shape index (κ1) is 15.1. The molecule has 0 aliphatic heterocycles. The minimum absolute atomic E-state index is 0.233. The van der Waals surface area contributed by atoms with E-state index in [2.05, 4.69) is 4.99 Å². The van der Waals surface area contributed by atoms with Crippen molar-refractivity contribution in [3.8, 4) is 0 Å². The number of aromatic nitrogens is 1. The fourth-order valence-corrected chi connectivity index (χ4v) is 1.11. The number of hydrogen-bond donors (Lipinski definition) is 0. The second kappa shape index (κ2) is 7.38. The van der Waals surface area contributed by atoms with Crippen LogP contribution in [0.25, 0.3) is 6.08 Å². The van der Waals surface area contributed by atoms with Crippen LogP contribution in [-0.4, -0.2) is 17.8 Å². The molecule has 1 aromatic heterocycles. The van der Waals surface area contributed by atoms with Crippen LogP contribution in [0.2, 0.25) is 0 Å². The summed E-state index contributed by atoms with van der Waals surface area (Å²) < 4.78 is 5.85. The Labute approximate surface area is 100 Å². The molecule has 0 aromatic carbocycles. The third-order valence-electron chi connectivity index (χ3n) is 1.85. The van der Waals surface area contributed by atoms with Gasteiger partial charge in [0, 0.05) is 20.3 Å². The molecule has 0 atom stereocenters. The van der Waals surface area contributed by atoms with Crippen LogP contribution in [0.15, 0.2) is 25.1 Å². The van der Waals surface area contributed by atoms with E-state index in [4.69, 9.17) is 4.42 Å². The quantitative estimate of drug-likeness (QED) is 0.732. The fourth-order valence-electron chi connectivity index (χ4n) is 1.11. The van der Waals surface area contributed by atoms with E-state index < -0.39 is 11.3 Å². The lowest BCUT2D eigenvalue weighted by molar-refractivity contribution is 0.433. The van der Waals surface area contributed by atoms with Crippen LogP contribution in [-0.2, 0) is 7.05 Å². The highest BCUT2D eigenvalue weighted by atomic mass is 16.4. The maximum absolute atomic E-state index is 11.7. The zero-order chi connectivity index (χ0) is 13.4. The third-order valence-corrected chi connectivity index (χ3v) is 1.85. The minimum Gasteiger partial charge on any atom is -0.409 e. The second-order valence-corrected chi connectivity index (χ2v) is 2.90. The summed E-state index contributed by atoms with van der Waals surface area (Å²) in [4.78, 5) is 26.6. The van der Waals surface area contributed by atoms with E-state index in [0.29, 0.717) is 0 Å². The van der Waals surface area contributed by atoms with Crippen molar-refractivity contribution in [1.82, 2.24) is 4.57 Å². The fraction of sp³-hybridized carbons (Fsp3) is 0.417.